The second-order valence-electron chi connectivity index (χ2n) is 10.8. The average Bonchev–Trinajstić information content (AvgIpc) is 3.21. The van der Waals surface area contributed by atoms with Gasteiger partial charge in [0.1, 0.15) is 6.61 Å². The van der Waals surface area contributed by atoms with Crippen molar-refractivity contribution in [1.82, 2.24) is 0 Å². The van der Waals surface area contributed by atoms with E-state index in [-0.39, 0.29) is 35.7 Å². The lowest BCUT2D eigenvalue weighted by Gasteiger charge is -2.66. The molecule has 6 nitrogen and oxygen atoms in total. The van der Waals surface area contributed by atoms with Gasteiger partial charge in [0.05, 0.1) is 23.9 Å². The molecule has 4 fully saturated rings. The Morgan fingerprint density at radius 1 is 1.07 bits per heavy atom. The van der Waals surface area contributed by atoms with Gasteiger partial charge in [0.2, 0.25) is 0 Å². The van der Waals surface area contributed by atoms with Crippen LogP contribution in [0, 0.1) is 28.6 Å². The third-order valence-electron chi connectivity index (χ3n) is 10.1. The fourth-order valence-electron chi connectivity index (χ4n) is 8.52. The Bertz CT molecular complexity index is 750. The van der Waals surface area contributed by atoms with E-state index in [1.54, 1.807) is 6.08 Å². The first-order chi connectivity index (χ1) is 13.7. The molecular formula is C23H34O6. The Morgan fingerprint density at radius 2 is 1.83 bits per heavy atom. The molecule has 0 aromatic carbocycles. The van der Waals surface area contributed by atoms with Gasteiger partial charge in [0.25, 0.3) is 0 Å². The van der Waals surface area contributed by atoms with Crippen LogP contribution in [0.4, 0.5) is 0 Å². The van der Waals surface area contributed by atoms with Crippen LogP contribution in [0.3, 0.4) is 0 Å². The fraction of sp³-hybridized carbons (Fsp3) is 0.870. The standard InChI is InChI=1S/C23H34O6/c1-20-6-3-17-18(4-8-22(27)11-15(25)2-7-21(17,22)13-24)23(20,28)9-5-16(20)14-10-19(26)29-12-14/h10,15-18,24-25,27-28H,2-9,11-13H2,1H3/t15-,16+,17-,18-,20-,21-,22+,23+/m0/s1. The number of aliphatic hydroxyl groups excluding tert-OH is 2. The maximum atomic E-state index is 12.1. The number of cyclic esters (lactones) is 1. The van der Waals surface area contributed by atoms with E-state index in [0.717, 1.165) is 24.8 Å². The van der Waals surface area contributed by atoms with E-state index >= 15 is 0 Å². The number of aliphatic hydroxyl groups is 4. The summed E-state index contributed by atoms with van der Waals surface area (Å²) in [5, 5.41) is 44.4. The van der Waals surface area contributed by atoms with E-state index in [0.29, 0.717) is 45.1 Å². The molecule has 0 saturated heterocycles. The lowest BCUT2D eigenvalue weighted by atomic mass is 9.41. The molecule has 0 radical (unpaired) electrons. The molecule has 29 heavy (non-hydrogen) atoms. The molecule has 0 amide bonds. The highest BCUT2D eigenvalue weighted by atomic mass is 16.5. The lowest BCUT2D eigenvalue weighted by Crippen LogP contribution is -2.69. The molecule has 0 aromatic rings. The normalized spacial score (nSPS) is 54.2. The van der Waals surface area contributed by atoms with Gasteiger partial charge in [-0.3, -0.25) is 0 Å². The van der Waals surface area contributed by atoms with Gasteiger partial charge in [-0.05, 0) is 74.7 Å². The van der Waals surface area contributed by atoms with Crippen molar-refractivity contribution in [3.8, 4) is 0 Å². The van der Waals surface area contributed by atoms with E-state index in [9.17, 15) is 25.2 Å². The number of hydrogen-bond acceptors (Lipinski definition) is 6. The van der Waals surface area contributed by atoms with Gasteiger partial charge in [0.15, 0.2) is 0 Å². The summed E-state index contributed by atoms with van der Waals surface area (Å²) in [5.41, 5.74) is -1.88. The highest BCUT2D eigenvalue weighted by Crippen LogP contribution is 2.70. The summed E-state index contributed by atoms with van der Waals surface area (Å²) in [6.07, 6.45) is 7.02. The lowest BCUT2D eigenvalue weighted by molar-refractivity contribution is -0.269. The van der Waals surface area contributed by atoms with Crippen LogP contribution in [0.25, 0.3) is 0 Å². The van der Waals surface area contributed by atoms with E-state index in [1.165, 1.54) is 0 Å². The molecule has 0 unspecified atom stereocenters. The summed E-state index contributed by atoms with van der Waals surface area (Å²) in [5.74, 6) is -0.0760. The Labute approximate surface area is 172 Å². The monoisotopic (exact) mass is 406 g/mol. The summed E-state index contributed by atoms with van der Waals surface area (Å²) in [7, 11) is 0. The number of hydrogen-bond donors (Lipinski definition) is 4. The van der Waals surface area contributed by atoms with Crippen molar-refractivity contribution in [3.05, 3.63) is 11.6 Å². The van der Waals surface area contributed by atoms with E-state index in [4.69, 9.17) is 4.74 Å². The Hall–Kier alpha value is -0.950. The molecule has 5 rings (SSSR count). The minimum absolute atomic E-state index is 0.0209. The van der Waals surface area contributed by atoms with Crippen molar-refractivity contribution in [2.45, 2.75) is 82.0 Å². The van der Waals surface area contributed by atoms with Crippen molar-refractivity contribution in [2.75, 3.05) is 13.2 Å². The second kappa shape index (κ2) is 6.28. The Morgan fingerprint density at radius 3 is 2.52 bits per heavy atom. The SMILES string of the molecule is C[C@@]12CC[C@H]3[C@H](CC[C@@]4(O)C[C@@H](O)CC[C@]34CO)[C@]1(O)CC[C@@H]2C1=CC(=O)OC1. The highest BCUT2D eigenvalue weighted by molar-refractivity contribution is 5.85. The van der Waals surface area contributed by atoms with Crippen LogP contribution in [-0.2, 0) is 9.53 Å². The van der Waals surface area contributed by atoms with Crippen molar-refractivity contribution in [3.63, 3.8) is 0 Å². The minimum Gasteiger partial charge on any atom is -0.458 e. The molecule has 5 aliphatic rings. The van der Waals surface area contributed by atoms with Gasteiger partial charge in [-0.1, -0.05) is 6.92 Å². The fourth-order valence-corrected chi connectivity index (χ4v) is 8.52. The summed E-state index contributed by atoms with van der Waals surface area (Å²) < 4.78 is 5.17. The topological polar surface area (TPSA) is 107 Å². The van der Waals surface area contributed by atoms with Gasteiger partial charge in [-0.15, -0.1) is 0 Å². The number of carbonyl (C=O) groups is 1. The number of esters is 1. The van der Waals surface area contributed by atoms with E-state index in [1.807, 2.05) is 0 Å². The van der Waals surface area contributed by atoms with Gasteiger partial charge in [-0.2, -0.15) is 0 Å². The van der Waals surface area contributed by atoms with Gasteiger partial charge < -0.3 is 25.2 Å². The Balaban J connectivity index is 1.51. The van der Waals surface area contributed by atoms with E-state index < -0.39 is 22.7 Å². The summed E-state index contributed by atoms with van der Waals surface area (Å²) in [4.78, 5) is 11.6. The molecule has 0 aromatic heterocycles. The van der Waals surface area contributed by atoms with Gasteiger partial charge in [-0.25, -0.2) is 4.79 Å². The van der Waals surface area contributed by atoms with Crippen molar-refractivity contribution >= 4 is 5.97 Å². The average molecular weight is 407 g/mol. The molecule has 0 bridgehead atoms. The third kappa shape index (κ3) is 2.40. The predicted octanol–water partition coefficient (Wildman–Crippen LogP) is 1.69. The van der Waals surface area contributed by atoms with Crippen LogP contribution < -0.4 is 0 Å². The predicted molar refractivity (Wildman–Crippen MR) is 105 cm³/mol. The van der Waals surface area contributed by atoms with Crippen LogP contribution in [0.2, 0.25) is 0 Å². The molecule has 4 N–H and O–H groups in total. The van der Waals surface area contributed by atoms with Crippen LogP contribution in [-0.4, -0.2) is 56.9 Å². The van der Waals surface area contributed by atoms with Crippen molar-refractivity contribution in [2.24, 2.45) is 28.6 Å². The zero-order valence-corrected chi connectivity index (χ0v) is 17.3. The smallest absolute Gasteiger partial charge is 0.331 e. The molecule has 162 valence electrons. The second-order valence-corrected chi connectivity index (χ2v) is 10.8. The summed E-state index contributed by atoms with van der Waals surface area (Å²) in [6, 6.07) is 0. The zero-order valence-electron chi connectivity index (χ0n) is 17.3. The van der Waals surface area contributed by atoms with Gasteiger partial charge >= 0.3 is 5.97 Å². The van der Waals surface area contributed by atoms with Crippen LogP contribution in [0.1, 0.15) is 64.7 Å². The first kappa shape index (κ1) is 20.0. The maximum absolute atomic E-state index is 12.1. The molecule has 4 aliphatic carbocycles. The molecular weight excluding hydrogens is 372 g/mol. The first-order valence-electron chi connectivity index (χ1n) is 11.3. The van der Waals surface area contributed by atoms with Crippen molar-refractivity contribution in [1.29, 1.82) is 0 Å². The molecule has 6 heteroatoms. The van der Waals surface area contributed by atoms with Crippen LogP contribution in [0.15, 0.2) is 11.6 Å². The molecule has 0 spiro atoms. The van der Waals surface area contributed by atoms with Gasteiger partial charge in [0, 0.05) is 23.3 Å². The number of rotatable bonds is 2. The highest BCUT2D eigenvalue weighted by Gasteiger charge is 2.71. The summed E-state index contributed by atoms with van der Waals surface area (Å²) >= 11 is 0. The zero-order chi connectivity index (χ0) is 20.7. The Kier molecular flexibility index (Phi) is 4.33. The molecule has 8 atom stereocenters. The number of ether oxygens (including phenoxy) is 1. The first-order valence-corrected chi connectivity index (χ1v) is 11.3. The van der Waals surface area contributed by atoms with Crippen LogP contribution in [0.5, 0.6) is 0 Å². The van der Waals surface area contributed by atoms with Crippen molar-refractivity contribution < 1.29 is 30.0 Å². The largest absolute Gasteiger partial charge is 0.458 e. The minimum atomic E-state index is -1.06. The number of fused-ring (bicyclic) bond motifs is 5. The summed E-state index contributed by atoms with van der Waals surface area (Å²) in [6.45, 7) is 2.41. The molecule has 4 saturated carbocycles. The third-order valence-corrected chi connectivity index (χ3v) is 10.1. The van der Waals surface area contributed by atoms with E-state index in [2.05, 4.69) is 6.92 Å². The quantitative estimate of drug-likeness (QED) is 0.520. The molecule has 1 aliphatic heterocycles. The maximum Gasteiger partial charge on any atom is 0.331 e. The molecule has 1 heterocycles. The van der Waals surface area contributed by atoms with Crippen LogP contribution >= 0.6 is 0 Å². The number of carbonyl (C=O) groups excluding carboxylic acids is 1.